The lowest BCUT2D eigenvalue weighted by Gasteiger charge is -2.35. The maximum Gasteiger partial charge on any atom is 0.253 e. The van der Waals surface area contributed by atoms with Crippen LogP contribution in [0.15, 0.2) is 18.2 Å². The topological polar surface area (TPSA) is 60.9 Å². The molecule has 22 heavy (non-hydrogen) atoms. The first kappa shape index (κ1) is 15.0. The SMILES string of the molecule is CC(O)C(=O)N1CCN(C(=O)c2ccc3c(c2)CCC3)CC1. The van der Waals surface area contributed by atoms with E-state index in [1.165, 1.54) is 24.5 Å². The molecule has 2 aliphatic rings. The maximum absolute atomic E-state index is 12.6. The smallest absolute Gasteiger partial charge is 0.253 e. The van der Waals surface area contributed by atoms with Gasteiger partial charge in [0.05, 0.1) is 0 Å². The Labute approximate surface area is 130 Å². The Bertz CT molecular complexity index is 590. The van der Waals surface area contributed by atoms with E-state index in [1.807, 2.05) is 12.1 Å². The van der Waals surface area contributed by atoms with Crippen molar-refractivity contribution in [3.05, 3.63) is 34.9 Å². The van der Waals surface area contributed by atoms with Crippen molar-refractivity contribution in [1.29, 1.82) is 0 Å². The number of carbonyl (C=O) groups excluding carboxylic acids is 2. The van der Waals surface area contributed by atoms with Gasteiger partial charge in [0.2, 0.25) is 0 Å². The fraction of sp³-hybridized carbons (Fsp3) is 0.529. The molecule has 1 unspecified atom stereocenters. The third-order valence-electron chi connectivity index (χ3n) is 4.58. The van der Waals surface area contributed by atoms with E-state index >= 15 is 0 Å². The maximum atomic E-state index is 12.6. The molecule has 0 radical (unpaired) electrons. The first-order valence-electron chi connectivity index (χ1n) is 7.94. The molecule has 0 spiro atoms. The first-order chi connectivity index (χ1) is 10.6. The van der Waals surface area contributed by atoms with Gasteiger partial charge < -0.3 is 14.9 Å². The molecular formula is C17H22N2O3. The molecule has 1 saturated heterocycles. The van der Waals surface area contributed by atoms with Gasteiger partial charge in [-0.25, -0.2) is 0 Å². The second-order valence-corrected chi connectivity index (χ2v) is 6.13. The molecule has 118 valence electrons. The molecule has 1 fully saturated rings. The summed E-state index contributed by atoms with van der Waals surface area (Å²) in [5, 5.41) is 9.34. The Balaban J connectivity index is 1.64. The van der Waals surface area contributed by atoms with Crippen molar-refractivity contribution in [1.82, 2.24) is 9.80 Å². The van der Waals surface area contributed by atoms with Gasteiger partial charge in [-0.2, -0.15) is 0 Å². The molecule has 3 rings (SSSR count). The Morgan fingerprint density at radius 3 is 2.36 bits per heavy atom. The molecular weight excluding hydrogens is 280 g/mol. The quantitative estimate of drug-likeness (QED) is 0.880. The standard InChI is InChI=1S/C17H22N2O3/c1-12(20)16(21)18-7-9-19(10-8-18)17(22)15-6-5-13-3-2-4-14(13)11-15/h5-6,11-12,20H,2-4,7-10H2,1H3. The Hall–Kier alpha value is -1.88. The summed E-state index contributed by atoms with van der Waals surface area (Å²) in [4.78, 5) is 27.7. The number of benzene rings is 1. The van der Waals surface area contributed by atoms with E-state index < -0.39 is 6.10 Å². The zero-order valence-corrected chi connectivity index (χ0v) is 12.9. The predicted molar refractivity (Wildman–Crippen MR) is 82.6 cm³/mol. The van der Waals surface area contributed by atoms with Crippen LogP contribution in [-0.2, 0) is 17.6 Å². The van der Waals surface area contributed by atoms with Crippen LogP contribution >= 0.6 is 0 Å². The van der Waals surface area contributed by atoms with Crippen LogP contribution in [-0.4, -0.2) is 59.0 Å². The molecule has 1 atom stereocenters. The van der Waals surface area contributed by atoms with Crippen LogP contribution in [0.5, 0.6) is 0 Å². The molecule has 1 aromatic rings. The number of piperazine rings is 1. The van der Waals surface area contributed by atoms with E-state index in [1.54, 1.807) is 9.80 Å². The molecule has 5 nitrogen and oxygen atoms in total. The lowest BCUT2D eigenvalue weighted by molar-refractivity contribution is -0.140. The second-order valence-electron chi connectivity index (χ2n) is 6.13. The minimum Gasteiger partial charge on any atom is -0.384 e. The highest BCUT2D eigenvalue weighted by atomic mass is 16.3. The van der Waals surface area contributed by atoms with Gasteiger partial charge in [0.1, 0.15) is 6.10 Å². The van der Waals surface area contributed by atoms with Crippen molar-refractivity contribution in [2.45, 2.75) is 32.3 Å². The summed E-state index contributed by atoms with van der Waals surface area (Å²) in [6.45, 7) is 3.49. The number of aliphatic hydroxyl groups is 1. The first-order valence-corrected chi connectivity index (χ1v) is 7.94. The van der Waals surface area contributed by atoms with Gasteiger partial charge in [0, 0.05) is 31.7 Å². The zero-order chi connectivity index (χ0) is 15.7. The normalized spacial score (nSPS) is 19.0. The number of rotatable bonds is 2. The van der Waals surface area contributed by atoms with Crippen LogP contribution in [0.25, 0.3) is 0 Å². The van der Waals surface area contributed by atoms with E-state index in [-0.39, 0.29) is 11.8 Å². The van der Waals surface area contributed by atoms with Crippen LogP contribution in [0, 0.1) is 0 Å². The number of fused-ring (bicyclic) bond motifs is 1. The minimum absolute atomic E-state index is 0.0406. The van der Waals surface area contributed by atoms with Crippen LogP contribution in [0.4, 0.5) is 0 Å². The van der Waals surface area contributed by atoms with Gasteiger partial charge in [-0.05, 0) is 49.4 Å². The molecule has 1 heterocycles. The average molecular weight is 302 g/mol. The third-order valence-corrected chi connectivity index (χ3v) is 4.58. The number of hydrogen-bond donors (Lipinski definition) is 1. The number of aryl methyl sites for hydroxylation is 2. The molecule has 5 heteroatoms. The largest absolute Gasteiger partial charge is 0.384 e. The lowest BCUT2D eigenvalue weighted by atomic mass is 10.1. The molecule has 0 bridgehead atoms. The molecule has 1 aliphatic carbocycles. The van der Waals surface area contributed by atoms with E-state index in [0.717, 1.165) is 18.4 Å². The molecule has 1 N–H and O–H groups in total. The molecule has 1 aromatic carbocycles. The molecule has 0 saturated carbocycles. The van der Waals surface area contributed by atoms with Crippen LogP contribution in [0.1, 0.15) is 34.8 Å². The summed E-state index contributed by atoms with van der Waals surface area (Å²) < 4.78 is 0. The average Bonchev–Trinajstić information content (AvgIpc) is 3.01. The highest BCUT2D eigenvalue weighted by Crippen LogP contribution is 2.23. The lowest BCUT2D eigenvalue weighted by Crippen LogP contribution is -2.52. The summed E-state index contributed by atoms with van der Waals surface area (Å²) >= 11 is 0. The minimum atomic E-state index is -0.973. The summed E-state index contributed by atoms with van der Waals surface area (Å²) in [6.07, 6.45) is 2.38. The Morgan fingerprint density at radius 1 is 1.05 bits per heavy atom. The zero-order valence-electron chi connectivity index (χ0n) is 12.9. The summed E-state index contributed by atoms with van der Waals surface area (Å²) in [5.74, 6) is -0.219. The van der Waals surface area contributed by atoms with Gasteiger partial charge in [-0.3, -0.25) is 9.59 Å². The van der Waals surface area contributed by atoms with Gasteiger partial charge in [-0.15, -0.1) is 0 Å². The van der Waals surface area contributed by atoms with Crippen molar-refractivity contribution in [2.75, 3.05) is 26.2 Å². The third kappa shape index (κ3) is 2.86. The van der Waals surface area contributed by atoms with Crippen LogP contribution in [0.2, 0.25) is 0 Å². The van der Waals surface area contributed by atoms with Crippen LogP contribution in [0.3, 0.4) is 0 Å². The number of amides is 2. The monoisotopic (exact) mass is 302 g/mol. The number of nitrogens with zero attached hydrogens (tertiary/aromatic N) is 2. The Morgan fingerprint density at radius 2 is 1.68 bits per heavy atom. The Kier molecular flexibility index (Phi) is 4.16. The van der Waals surface area contributed by atoms with Gasteiger partial charge in [0.25, 0.3) is 11.8 Å². The van der Waals surface area contributed by atoms with Gasteiger partial charge in [-0.1, -0.05) is 6.07 Å². The van der Waals surface area contributed by atoms with Crippen molar-refractivity contribution in [3.8, 4) is 0 Å². The van der Waals surface area contributed by atoms with Gasteiger partial charge in [0.15, 0.2) is 0 Å². The molecule has 0 aromatic heterocycles. The fourth-order valence-electron chi connectivity index (χ4n) is 3.28. The summed E-state index contributed by atoms with van der Waals surface area (Å²) in [7, 11) is 0. The summed E-state index contributed by atoms with van der Waals surface area (Å²) in [6, 6.07) is 6.01. The predicted octanol–water partition coefficient (Wildman–Crippen LogP) is 0.840. The van der Waals surface area contributed by atoms with E-state index in [9.17, 15) is 14.7 Å². The van der Waals surface area contributed by atoms with E-state index in [4.69, 9.17) is 0 Å². The molecule has 2 amide bonds. The van der Waals surface area contributed by atoms with Crippen molar-refractivity contribution < 1.29 is 14.7 Å². The summed E-state index contributed by atoms with van der Waals surface area (Å²) in [5.41, 5.74) is 3.41. The van der Waals surface area contributed by atoms with E-state index in [0.29, 0.717) is 26.2 Å². The van der Waals surface area contributed by atoms with Crippen LogP contribution < -0.4 is 0 Å². The highest BCUT2D eigenvalue weighted by Gasteiger charge is 2.27. The van der Waals surface area contributed by atoms with Crippen molar-refractivity contribution in [2.24, 2.45) is 0 Å². The fourth-order valence-corrected chi connectivity index (χ4v) is 3.28. The van der Waals surface area contributed by atoms with Gasteiger partial charge >= 0.3 is 0 Å². The number of aliphatic hydroxyl groups excluding tert-OH is 1. The number of carbonyl (C=O) groups is 2. The number of hydrogen-bond acceptors (Lipinski definition) is 3. The highest BCUT2D eigenvalue weighted by molar-refractivity contribution is 5.94. The van der Waals surface area contributed by atoms with E-state index in [2.05, 4.69) is 6.07 Å². The second kappa shape index (κ2) is 6.08. The van der Waals surface area contributed by atoms with Crippen molar-refractivity contribution >= 4 is 11.8 Å². The van der Waals surface area contributed by atoms with Crippen molar-refractivity contribution in [3.63, 3.8) is 0 Å². The molecule has 1 aliphatic heterocycles.